The Hall–Kier alpha value is -2.82. The number of esters is 1. The number of amides is 1. The molecule has 0 aliphatic carbocycles. The smallest absolute Gasteiger partial charge is 0.339 e. The van der Waals surface area contributed by atoms with Crippen molar-refractivity contribution in [2.75, 3.05) is 25.0 Å². The first-order valence-electron chi connectivity index (χ1n) is 9.99. The zero-order valence-corrected chi connectivity index (χ0v) is 16.3. The van der Waals surface area contributed by atoms with Crippen molar-refractivity contribution in [1.29, 1.82) is 0 Å². The molecule has 1 amide bonds. The molecule has 4 rings (SSSR count). The first kappa shape index (κ1) is 18.5. The molecule has 2 aliphatic rings. The second kappa shape index (κ2) is 8.05. The number of benzene rings is 2. The van der Waals surface area contributed by atoms with Crippen molar-refractivity contribution in [1.82, 2.24) is 4.90 Å². The highest BCUT2D eigenvalue weighted by Gasteiger charge is 2.32. The predicted octanol–water partition coefficient (Wildman–Crippen LogP) is 3.42. The summed E-state index contributed by atoms with van der Waals surface area (Å²) in [7, 11) is 1.76. The predicted molar refractivity (Wildman–Crippen MR) is 108 cm³/mol. The van der Waals surface area contributed by atoms with Gasteiger partial charge in [0, 0.05) is 38.8 Å². The number of cyclic esters (lactones) is 1. The van der Waals surface area contributed by atoms with Crippen molar-refractivity contribution in [3.8, 4) is 0 Å². The van der Waals surface area contributed by atoms with E-state index in [2.05, 4.69) is 29.2 Å². The van der Waals surface area contributed by atoms with Crippen LogP contribution in [0.15, 0.2) is 48.5 Å². The van der Waals surface area contributed by atoms with Crippen molar-refractivity contribution in [3.63, 3.8) is 0 Å². The SMILES string of the molecule is CN(Cc1ccc(N2CCCCC2)cc1)C(=O)[C@H]1Cc2ccccc2C(=O)O1. The van der Waals surface area contributed by atoms with Gasteiger partial charge in [0.15, 0.2) is 6.10 Å². The summed E-state index contributed by atoms with van der Waals surface area (Å²) in [5.41, 5.74) is 3.74. The van der Waals surface area contributed by atoms with Crippen molar-refractivity contribution in [2.24, 2.45) is 0 Å². The molecule has 0 N–H and O–H groups in total. The van der Waals surface area contributed by atoms with E-state index < -0.39 is 12.1 Å². The molecule has 2 aromatic rings. The molecular weight excluding hydrogens is 352 g/mol. The van der Waals surface area contributed by atoms with Gasteiger partial charge in [-0.05, 0) is 48.6 Å². The second-order valence-electron chi connectivity index (χ2n) is 7.66. The molecule has 2 aliphatic heterocycles. The van der Waals surface area contributed by atoms with Crippen molar-refractivity contribution >= 4 is 17.6 Å². The Morgan fingerprint density at radius 1 is 1.07 bits per heavy atom. The van der Waals surface area contributed by atoms with E-state index >= 15 is 0 Å². The maximum atomic E-state index is 12.8. The zero-order chi connectivity index (χ0) is 19.5. The molecule has 0 saturated carbocycles. The van der Waals surface area contributed by atoms with Crippen LogP contribution in [-0.4, -0.2) is 43.0 Å². The summed E-state index contributed by atoms with van der Waals surface area (Å²) in [6.07, 6.45) is 3.50. The van der Waals surface area contributed by atoms with E-state index in [9.17, 15) is 9.59 Å². The Labute approximate surface area is 165 Å². The van der Waals surface area contributed by atoms with Gasteiger partial charge in [0.05, 0.1) is 5.56 Å². The van der Waals surface area contributed by atoms with Gasteiger partial charge in [0.1, 0.15) is 0 Å². The molecule has 1 atom stereocenters. The van der Waals surface area contributed by atoms with Crippen molar-refractivity contribution < 1.29 is 14.3 Å². The highest BCUT2D eigenvalue weighted by atomic mass is 16.5. The minimum atomic E-state index is -0.750. The summed E-state index contributed by atoms with van der Waals surface area (Å²) in [4.78, 5) is 29.0. The van der Waals surface area contributed by atoms with E-state index in [4.69, 9.17) is 4.74 Å². The lowest BCUT2D eigenvalue weighted by Crippen LogP contribution is -2.42. The summed E-state index contributed by atoms with van der Waals surface area (Å²) in [5.74, 6) is -0.581. The first-order valence-corrected chi connectivity index (χ1v) is 9.99. The number of likely N-dealkylation sites (N-methyl/N-ethyl adjacent to an activating group) is 1. The van der Waals surface area contributed by atoms with E-state index in [0.717, 1.165) is 24.2 Å². The van der Waals surface area contributed by atoms with Crippen molar-refractivity contribution in [2.45, 2.75) is 38.3 Å². The maximum Gasteiger partial charge on any atom is 0.339 e. The molecule has 146 valence electrons. The molecule has 5 nitrogen and oxygen atoms in total. The number of anilines is 1. The first-order chi connectivity index (χ1) is 13.6. The third kappa shape index (κ3) is 3.88. The molecule has 5 heteroatoms. The average Bonchev–Trinajstić information content (AvgIpc) is 2.74. The fourth-order valence-corrected chi connectivity index (χ4v) is 4.03. The average molecular weight is 378 g/mol. The van der Waals surface area contributed by atoms with E-state index in [0.29, 0.717) is 18.5 Å². The van der Waals surface area contributed by atoms with E-state index in [1.165, 1.54) is 24.9 Å². The van der Waals surface area contributed by atoms with Crippen LogP contribution in [-0.2, 0) is 22.5 Å². The van der Waals surface area contributed by atoms with Crippen LogP contribution in [0.1, 0.15) is 40.7 Å². The highest BCUT2D eigenvalue weighted by molar-refractivity contribution is 5.95. The van der Waals surface area contributed by atoms with Gasteiger partial charge in [-0.15, -0.1) is 0 Å². The minimum Gasteiger partial charge on any atom is -0.448 e. The fourth-order valence-electron chi connectivity index (χ4n) is 4.03. The van der Waals surface area contributed by atoms with Crippen LogP contribution >= 0.6 is 0 Å². The van der Waals surface area contributed by atoms with E-state index in [1.54, 1.807) is 18.0 Å². The van der Waals surface area contributed by atoms with Gasteiger partial charge in [-0.2, -0.15) is 0 Å². The highest BCUT2D eigenvalue weighted by Crippen LogP contribution is 2.23. The number of piperidine rings is 1. The normalized spacial score (nSPS) is 19.0. The lowest BCUT2D eigenvalue weighted by molar-refractivity contribution is -0.140. The van der Waals surface area contributed by atoms with Gasteiger partial charge in [0.25, 0.3) is 5.91 Å². The minimum absolute atomic E-state index is 0.164. The van der Waals surface area contributed by atoms with Crippen LogP contribution < -0.4 is 4.90 Å². The Balaban J connectivity index is 1.39. The molecule has 2 heterocycles. The number of fused-ring (bicyclic) bond motifs is 1. The number of ether oxygens (including phenoxy) is 1. The quantitative estimate of drug-likeness (QED) is 0.765. The number of carbonyl (C=O) groups is 2. The Morgan fingerprint density at radius 2 is 1.79 bits per heavy atom. The molecule has 0 bridgehead atoms. The summed E-state index contributed by atoms with van der Waals surface area (Å²) in [6.45, 7) is 2.73. The summed E-state index contributed by atoms with van der Waals surface area (Å²) >= 11 is 0. The monoisotopic (exact) mass is 378 g/mol. The summed E-state index contributed by atoms with van der Waals surface area (Å²) in [5, 5.41) is 0. The van der Waals surface area contributed by atoms with E-state index in [1.807, 2.05) is 18.2 Å². The summed E-state index contributed by atoms with van der Waals surface area (Å²) < 4.78 is 5.40. The number of hydrogen-bond acceptors (Lipinski definition) is 4. The number of nitrogens with zero attached hydrogens (tertiary/aromatic N) is 2. The maximum absolute atomic E-state index is 12.8. The van der Waals surface area contributed by atoms with Gasteiger partial charge in [-0.25, -0.2) is 4.79 Å². The zero-order valence-electron chi connectivity index (χ0n) is 16.3. The van der Waals surface area contributed by atoms with Gasteiger partial charge in [-0.3, -0.25) is 4.79 Å². The lowest BCUT2D eigenvalue weighted by Gasteiger charge is -2.29. The molecule has 0 aromatic heterocycles. The van der Waals surface area contributed by atoms with Crippen LogP contribution in [0, 0.1) is 0 Å². The van der Waals surface area contributed by atoms with Crippen LogP contribution in [0.25, 0.3) is 0 Å². The number of hydrogen-bond donors (Lipinski definition) is 0. The van der Waals surface area contributed by atoms with Gasteiger partial charge in [0.2, 0.25) is 0 Å². The molecule has 1 fully saturated rings. The molecule has 1 saturated heterocycles. The Morgan fingerprint density at radius 3 is 2.54 bits per heavy atom. The Kier molecular flexibility index (Phi) is 5.33. The van der Waals surface area contributed by atoms with E-state index in [-0.39, 0.29) is 5.91 Å². The molecular formula is C23H26N2O3. The number of carbonyl (C=O) groups excluding carboxylic acids is 2. The molecule has 2 aromatic carbocycles. The largest absolute Gasteiger partial charge is 0.448 e. The molecule has 0 spiro atoms. The summed E-state index contributed by atoms with van der Waals surface area (Å²) in [6, 6.07) is 15.7. The van der Waals surface area contributed by atoms with Gasteiger partial charge < -0.3 is 14.5 Å². The van der Waals surface area contributed by atoms with Gasteiger partial charge in [-0.1, -0.05) is 30.3 Å². The molecule has 0 radical (unpaired) electrons. The molecule has 28 heavy (non-hydrogen) atoms. The standard InChI is InChI=1S/C23H26N2O3/c1-24(16-17-9-11-19(12-10-17)25-13-5-2-6-14-25)22(26)21-15-18-7-3-4-8-20(18)23(27)28-21/h3-4,7-12,21H,2,5-6,13-16H2,1H3/t21-/m1/s1. The topological polar surface area (TPSA) is 49.9 Å². The third-order valence-electron chi connectivity index (χ3n) is 5.62. The number of rotatable bonds is 4. The van der Waals surface area contributed by atoms with Crippen LogP contribution in [0.5, 0.6) is 0 Å². The van der Waals surface area contributed by atoms with Crippen LogP contribution in [0.2, 0.25) is 0 Å². The van der Waals surface area contributed by atoms with Crippen LogP contribution in [0.4, 0.5) is 5.69 Å². The lowest BCUT2D eigenvalue weighted by atomic mass is 9.98. The second-order valence-corrected chi connectivity index (χ2v) is 7.66. The van der Waals surface area contributed by atoms with Crippen molar-refractivity contribution in [3.05, 3.63) is 65.2 Å². The Bertz CT molecular complexity index is 856. The molecule has 0 unspecified atom stereocenters. The fraction of sp³-hybridized carbons (Fsp3) is 0.391. The van der Waals surface area contributed by atoms with Crippen LogP contribution in [0.3, 0.4) is 0 Å². The third-order valence-corrected chi connectivity index (χ3v) is 5.62. The van der Waals surface area contributed by atoms with Gasteiger partial charge >= 0.3 is 5.97 Å².